The number of rotatable bonds is 7. The quantitative estimate of drug-likeness (QED) is 0.765. The van der Waals surface area contributed by atoms with Crippen LogP contribution in [0.4, 0.5) is 5.69 Å². The fourth-order valence-electron chi connectivity index (χ4n) is 2.45. The van der Waals surface area contributed by atoms with Gasteiger partial charge in [0.05, 0.1) is 7.11 Å². The highest BCUT2D eigenvalue weighted by molar-refractivity contribution is 6.30. The Hall–Kier alpha value is -2.53. The molecule has 0 radical (unpaired) electrons. The van der Waals surface area contributed by atoms with E-state index in [0.29, 0.717) is 28.4 Å². The first-order valence-electron chi connectivity index (χ1n) is 8.40. The van der Waals surface area contributed by atoms with Gasteiger partial charge in [0.2, 0.25) is 5.91 Å². The Morgan fingerprint density at radius 2 is 1.65 bits per heavy atom. The molecule has 2 aromatic carbocycles. The first-order valence-corrected chi connectivity index (χ1v) is 8.78. The third kappa shape index (κ3) is 5.77. The molecular weight excluding hydrogens is 352 g/mol. The van der Waals surface area contributed by atoms with Crippen molar-refractivity contribution in [3.05, 3.63) is 59.1 Å². The molecular formula is C20H23ClN2O3. The summed E-state index contributed by atoms with van der Waals surface area (Å²) in [6.07, 6.45) is 0.529. The second-order valence-electron chi connectivity index (χ2n) is 6.38. The third-order valence-electron chi connectivity index (χ3n) is 3.79. The number of hydrogen-bond acceptors (Lipinski definition) is 3. The zero-order valence-corrected chi connectivity index (χ0v) is 15.8. The number of ether oxygens (including phenoxy) is 1. The largest absolute Gasteiger partial charge is 0.497 e. The van der Waals surface area contributed by atoms with E-state index in [4.69, 9.17) is 16.3 Å². The Morgan fingerprint density at radius 1 is 1.04 bits per heavy atom. The lowest BCUT2D eigenvalue weighted by Gasteiger charge is -2.20. The maximum atomic E-state index is 12.6. The van der Waals surface area contributed by atoms with Gasteiger partial charge in [0, 0.05) is 16.3 Å². The van der Waals surface area contributed by atoms with Crippen molar-refractivity contribution in [3.63, 3.8) is 0 Å². The molecule has 1 unspecified atom stereocenters. The summed E-state index contributed by atoms with van der Waals surface area (Å²) in [6, 6.07) is 12.9. The second kappa shape index (κ2) is 9.25. The molecule has 1 atom stereocenters. The average Bonchev–Trinajstić information content (AvgIpc) is 2.62. The number of carbonyl (C=O) groups is 2. The molecule has 5 nitrogen and oxygen atoms in total. The molecule has 0 aliphatic carbocycles. The lowest BCUT2D eigenvalue weighted by molar-refractivity contribution is -0.118. The molecule has 2 amide bonds. The number of benzene rings is 2. The van der Waals surface area contributed by atoms with E-state index in [0.717, 1.165) is 0 Å². The van der Waals surface area contributed by atoms with Gasteiger partial charge in [0.1, 0.15) is 11.8 Å². The van der Waals surface area contributed by atoms with Crippen molar-refractivity contribution < 1.29 is 14.3 Å². The first kappa shape index (κ1) is 19.8. The van der Waals surface area contributed by atoms with Crippen molar-refractivity contribution in [3.8, 4) is 5.75 Å². The SMILES string of the molecule is COc1ccc(NC(=O)C(CC(C)C)NC(=O)c2ccc(Cl)cc2)cc1. The number of hydrogen-bond donors (Lipinski definition) is 2. The van der Waals surface area contributed by atoms with Crippen molar-refractivity contribution in [1.82, 2.24) is 5.32 Å². The van der Waals surface area contributed by atoms with E-state index in [1.165, 1.54) is 0 Å². The molecule has 0 aliphatic rings. The minimum Gasteiger partial charge on any atom is -0.497 e. The highest BCUT2D eigenvalue weighted by Gasteiger charge is 2.22. The molecule has 0 heterocycles. The van der Waals surface area contributed by atoms with Crippen LogP contribution < -0.4 is 15.4 Å². The van der Waals surface area contributed by atoms with E-state index in [1.807, 2.05) is 13.8 Å². The van der Waals surface area contributed by atoms with E-state index in [2.05, 4.69) is 10.6 Å². The standard InChI is InChI=1S/C20H23ClN2O3/c1-13(2)12-18(23-19(24)14-4-6-15(21)7-5-14)20(25)22-16-8-10-17(26-3)11-9-16/h4-11,13,18H,12H2,1-3H3,(H,22,25)(H,23,24). The van der Waals surface area contributed by atoms with E-state index in [1.54, 1.807) is 55.6 Å². The molecule has 26 heavy (non-hydrogen) atoms. The highest BCUT2D eigenvalue weighted by Crippen LogP contribution is 2.16. The van der Waals surface area contributed by atoms with E-state index in [-0.39, 0.29) is 17.7 Å². The molecule has 6 heteroatoms. The molecule has 2 N–H and O–H groups in total. The number of carbonyl (C=O) groups excluding carboxylic acids is 2. The van der Waals surface area contributed by atoms with Crippen molar-refractivity contribution in [2.24, 2.45) is 5.92 Å². The first-order chi connectivity index (χ1) is 12.4. The van der Waals surface area contributed by atoms with Crippen LogP contribution in [-0.2, 0) is 4.79 Å². The van der Waals surface area contributed by atoms with Crippen LogP contribution in [0.2, 0.25) is 5.02 Å². The Kier molecular flexibility index (Phi) is 7.04. The molecule has 0 spiro atoms. The summed E-state index contributed by atoms with van der Waals surface area (Å²) in [5.74, 6) is 0.383. The van der Waals surface area contributed by atoms with E-state index >= 15 is 0 Å². The van der Waals surface area contributed by atoms with Gasteiger partial charge in [0.15, 0.2) is 0 Å². The second-order valence-corrected chi connectivity index (χ2v) is 6.82. The van der Waals surface area contributed by atoms with Crippen molar-refractivity contribution >= 4 is 29.1 Å². The van der Waals surface area contributed by atoms with Gasteiger partial charge in [0.25, 0.3) is 5.91 Å². The van der Waals surface area contributed by atoms with Gasteiger partial charge in [-0.15, -0.1) is 0 Å². The van der Waals surface area contributed by atoms with Gasteiger partial charge in [-0.2, -0.15) is 0 Å². The minimum absolute atomic E-state index is 0.243. The smallest absolute Gasteiger partial charge is 0.251 e. The third-order valence-corrected chi connectivity index (χ3v) is 4.04. The van der Waals surface area contributed by atoms with Crippen LogP contribution in [0.3, 0.4) is 0 Å². The lowest BCUT2D eigenvalue weighted by Crippen LogP contribution is -2.44. The minimum atomic E-state index is -0.639. The molecule has 2 aromatic rings. The molecule has 138 valence electrons. The number of amides is 2. The Morgan fingerprint density at radius 3 is 2.19 bits per heavy atom. The summed E-state index contributed by atoms with van der Waals surface area (Å²) < 4.78 is 5.11. The lowest BCUT2D eigenvalue weighted by atomic mass is 10.0. The van der Waals surface area contributed by atoms with Crippen molar-refractivity contribution in [1.29, 1.82) is 0 Å². The van der Waals surface area contributed by atoms with Crippen LogP contribution in [0.5, 0.6) is 5.75 Å². The molecule has 0 aromatic heterocycles. The Balaban J connectivity index is 2.08. The summed E-state index contributed by atoms with van der Waals surface area (Å²) >= 11 is 5.85. The summed E-state index contributed by atoms with van der Waals surface area (Å²) in [5.41, 5.74) is 1.10. The van der Waals surface area contributed by atoms with Gasteiger partial charge in [-0.05, 0) is 60.9 Å². The van der Waals surface area contributed by atoms with Gasteiger partial charge in [-0.25, -0.2) is 0 Å². The molecule has 0 saturated heterocycles. The fraction of sp³-hybridized carbons (Fsp3) is 0.300. The monoisotopic (exact) mass is 374 g/mol. The van der Waals surface area contributed by atoms with Crippen LogP contribution in [0.15, 0.2) is 48.5 Å². The van der Waals surface area contributed by atoms with E-state index in [9.17, 15) is 9.59 Å². The van der Waals surface area contributed by atoms with Gasteiger partial charge in [-0.1, -0.05) is 25.4 Å². The van der Waals surface area contributed by atoms with Crippen LogP contribution in [0.25, 0.3) is 0 Å². The van der Waals surface area contributed by atoms with Crippen LogP contribution >= 0.6 is 11.6 Å². The normalized spacial score (nSPS) is 11.7. The predicted molar refractivity (Wildman–Crippen MR) is 104 cm³/mol. The summed E-state index contributed by atoms with van der Waals surface area (Å²) in [7, 11) is 1.58. The van der Waals surface area contributed by atoms with Crippen molar-refractivity contribution in [2.45, 2.75) is 26.3 Å². The van der Waals surface area contributed by atoms with Gasteiger partial charge >= 0.3 is 0 Å². The average molecular weight is 375 g/mol. The topological polar surface area (TPSA) is 67.4 Å². The number of methoxy groups -OCH3 is 1. The van der Waals surface area contributed by atoms with Crippen LogP contribution in [0, 0.1) is 5.92 Å². The molecule has 0 bridgehead atoms. The van der Waals surface area contributed by atoms with Gasteiger partial charge in [-0.3, -0.25) is 9.59 Å². The van der Waals surface area contributed by atoms with Crippen LogP contribution in [0.1, 0.15) is 30.6 Å². The zero-order chi connectivity index (χ0) is 19.1. The summed E-state index contributed by atoms with van der Waals surface area (Å²) in [5, 5.41) is 6.20. The number of anilines is 1. The summed E-state index contributed by atoms with van der Waals surface area (Å²) in [6.45, 7) is 4.00. The molecule has 2 rings (SSSR count). The maximum absolute atomic E-state index is 12.6. The van der Waals surface area contributed by atoms with Gasteiger partial charge < -0.3 is 15.4 Å². The van der Waals surface area contributed by atoms with Crippen LogP contribution in [-0.4, -0.2) is 25.0 Å². The number of halogens is 1. The Bertz CT molecular complexity index is 743. The zero-order valence-electron chi connectivity index (χ0n) is 15.1. The van der Waals surface area contributed by atoms with E-state index < -0.39 is 6.04 Å². The fourth-order valence-corrected chi connectivity index (χ4v) is 2.58. The molecule has 0 fully saturated rings. The highest BCUT2D eigenvalue weighted by atomic mass is 35.5. The van der Waals surface area contributed by atoms with Crippen molar-refractivity contribution in [2.75, 3.05) is 12.4 Å². The maximum Gasteiger partial charge on any atom is 0.251 e. The molecule has 0 saturated carbocycles. The predicted octanol–water partition coefficient (Wildman–Crippen LogP) is 4.13. The molecule has 0 aliphatic heterocycles. The Labute approximate surface area is 158 Å². The summed E-state index contributed by atoms with van der Waals surface area (Å²) in [4.78, 5) is 25.1. The number of nitrogens with one attached hydrogen (secondary N) is 2.